The van der Waals surface area contributed by atoms with E-state index in [4.69, 9.17) is 9.47 Å². The van der Waals surface area contributed by atoms with Gasteiger partial charge in [-0.3, -0.25) is 4.79 Å². The SMILES string of the molecule is O=C(C#Cc1ccccc1)c1cc2c(cc1Br)OCO2. The van der Waals surface area contributed by atoms with Gasteiger partial charge in [0.05, 0.1) is 0 Å². The monoisotopic (exact) mass is 328 g/mol. The highest BCUT2D eigenvalue weighted by molar-refractivity contribution is 9.10. The van der Waals surface area contributed by atoms with Crippen LogP contribution in [0.15, 0.2) is 46.9 Å². The highest BCUT2D eigenvalue weighted by Crippen LogP contribution is 2.36. The van der Waals surface area contributed by atoms with Crippen molar-refractivity contribution in [3.63, 3.8) is 0 Å². The molecular weight excluding hydrogens is 320 g/mol. The summed E-state index contributed by atoms with van der Waals surface area (Å²) in [6, 6.07) is 12.7. The van der Waals surface area contributed by atoms with E-state index in [-0.39, 0.29) is 12.6 Å². The van der Waals surface area contributed by atoms with Crippen molar-refractivity contribution in [2.45, 2.75) is 0 Å². The molecule has 4 heteroatoms. The molecule has 0 radical (unpaired) electrons. The van der Waals surface area contributed by atoms with Gasteiger partial charge in [-0.2, -0.15) is 0 Å². The number of benzene rings is 2. The van der Waals surface area contributed by atoms with E-state index >= 15 is 0 Å². The molecule has 1 aliphatic heterocycles. The van der Waals surface area contributed by atoms with E-state index in [0.717, 1.165) is 5.56 Å². The summed E-state index contributed by atoms with van der Waals surface area (Å²) in [5.74, 6) is 6.41. The Labute approximate surface area is 124 Å². The highest BCUT2D eigenvalue weighted by Gasteiger charge is 2.18. The Morgan fingerprint density at radius 2 is 1.80 bits per heavy atom. The number of ether oxygens (including phenoxy) is 2. The molecule has 0 saturated heterocycles. The maximum atomic E-state index is 12.1. The fourth-order valence-corrected chi connectivity index (χ4v) is 2.31. The Morgan fingerprint density at radius 3 is 2.55 bits per heavy atom. The van der Waals surface area contributed by atoms with Crippen LogP contribution in [-0.2, 0) is 0 Å². The Hall–Kier alpha value is -2.25. The molecule has 0 atom stereocenters. The first-order valence-corrected chi connectivity index (χ1v) is 6.74. The lowest BCUT2D eigenvalue weighted by Gasteiger charge is -2.01. The van der Waals surface area contributed by atoms with Crippen molar-refractivity contribution >= 4 is 21.7 Å². The minimum Gasteiger partial charge on any atom is -0.454 e. The van der Waals surface area contributed by atoms with E-state index in [2.05, 4.69) is 27.8 Å². The van der Waals surface area contributed by atoms with Crippen molar-refractivity contribution in [3.05, 3.63) is 58.1 Å². The molecule has 98 valence electrons. The number of halogens is 1. The summed E-state index contributed by atoms with van der Waals surface area (Å²) in [6.07, 6.45) is 0. The smallest absolute Gasteiger partial charge is 0.237 e. The van der Waals surface area contributed by atoms with Gasteiger partial charge in [0.25, 0.3) is 0 Å². The molecular formula is C16H9BrO3. The molecule has 0 spiro atoms. The minimum atomic E-state index is -0.265. The minimum absolute atomic E-state index is 0.176. The lowest BCUT2D eigenvalue weighted by atomic mass is 10.1. The molecule has 0 aliphatic carbocycles. The van der Waals surface area contributed by atoms with E-state index in [1.54, 1.807) is 12.1 Å². The number of hydrogen-bond acceptors (Lipinski definition) is 3. The average molecular weight is 329 g/mol. The van der Waals surface area contributed by atoms with Gasteiger partial charge in [0, 0.05) is 15.6 Å². The Balaban J connectivity index is 1.90. The molecule has 0 N–H and O–H groups in total. The number of carbonyl (C=O) groups is 1. The quantitative estimate of drug-likeness (QED) is 0.594. The topological polar surface area (TPSA) is 35.5 Å². The second-order valence-electron chi connectivity index (χ2n) is 4.13. The second-order valence-corrected chi connectivity index (χ2v) is 4.98. The molecule has 1 heterocycles. The van der Waals surface area contributed by atoms with Crippen LogP contribution in [0.25, 0.3) is 0 Å². The molecule has 0 fully saturated rings. The van der Waals surface area contributed by atoms with Crippen LogP contribution in [0.4, 0.5) is 0 Å². The number of fused-ring (bicyclic) bond motifs is 1. The number of ketones is 1. The van der Waals surface area contributed by atoms with Crippen molar-refractivity contribution < 1.29 is 14.3 Å². The Bertz CT molecular complexity index is 727. The van der Waals surface area contributed by atoms with Crippen LogP contribution in [0.3, 0.4) is 0 Å². The van der Waals surface area contributed by atoms with E-state index in [1.807, 2.05) is 30.3 Å². The van der Waals surface area contributed by atoms with Crippen molar-refractivity contribution in [1.29, 1.82) is 0 Å². The summed E-state index contributed by atoms with van der Waals surface area (Å²) in [5.41, 5.74) is 1.27. The predicted octanol–water partition coefficient (Wildman–Crippen LogP) is 3.41. The largest absolute Gasteiger partial charge is 0.454 e. The van der Waals surface area contributed by atoms with Crippen molar-refractivity contribution in [2.24, 2.45) is 0 Å². The summed E-state index contributed by atoms with van der Waals surface area (Å²) >= 11 is 3.35. The number of rotatable bonds is 1. The van der Waals surface area contributed by atoms with Gasteiger partial charge in [-0.1, -0.05) is 24.1 Å². The molecule has 0 bridgehead atoms. The third kappa shape index (κ3) is 2.54. The van der Waals surface area contributed by atoms with Crippen LogP contribution in [0.2, 0.25) is 0 Å². The van der Waals surface area contributed by atoms with Crippen LogP contribution >= 0.6 is 15.9 Å². The number of carbonyl (C=O) groups excluding carboxylic acids is 1. The Kier molecular flexibility index (Phi) is 3.44. The molecule has 3 rings (SSSR count). The first-order valence-electron chi connectivity index (χ1n) is 5.94. The summed E-state index contributed by atoms with van der Waals surface area (Å²) in [6.45, 7) is 0.176. The van der Waals surface area contributed by atoms with E-state index < -0.39 is 0 Å². The van der Waals surface area contributed by atoms with Crippen molar-refractivity contribution in [1.82, 2.24) is 0 Å². The molecule has 1 aliphatic rings. The Morgan fingerprint density at radius 1 is 1.10 bits per heavy atom. The molecule has 0 saturated carbocycles. The third-order valence-electron chi connectivity index (χ3n) is 2.80. The van der Waals surface area contributed by atoms with Gasteiger partial charge in [0.2, 0.25) is 12.6 Å². The van der Waals surface area contributed by atoms with Gasteiger partial charge in [-0.25, -0.2) is 0 Å². The van der Waals surface area contributed by atoms with Gasteiger partial charge < -0.3 is 9.47 Å². The molecule has 20 heavy (non-hydrogen) atoms. The maximum Gasteiger partial charge on any atom is 0.237 e. The van der Waals surface area contributed by atoms with Gasteiger partial charge in [-0.05, 0) is 46.1 Å². The van der Waals surface area contributed by atoms with Crippen LogP contribution in [0.1, 0.15) is 15.9 Å². The zero-order chi connectivity index (χ0) is 13.9. The van der Waals surface area contributed by atoms with Gasteiger partial charge in [-0.15, -0.1) is 0 Å². The van der Waals surface area contributed by atoms with Gasteiger partial charge in [0.1, 0.15) is 0 Å². The van der Waals surface area contributed by atoms with Crippen LogP contribution < -0.4 is 9.47 Å². The second kappa shape index (κ2) is 5.40. The normalized spacial score (nSPS) is 11.7. The fourth-order valence-electron chi connectivity index (χ4n) is 1.81. The van der Waals surface area contributed by atoms with E-state index in [0.29, 0.717) is 21.5 Å². The predicted molar refractivity (Wildman–Crippen MR) is 77.9 cm³/mol. The molecule has 0 unspecified atom stereocenters. The molecule has 2 aromatic rings. The van der Waals surface area contributed by atoms with E-state index in [9.17, 15) is 4.79 Å². The maximum absolute atomic E-state index is 12.1. The summed E-state index contributed by atoms with van der Waals surface area (Å²) in [7, 11) is 0. The first-order chi connectivity index (χ1) is 9.74. The zero-order valence-electron chi connectivity index (χ0n) is 10.4. The highest BCUT2D eigenvalue weighted by atomic mass is 79.9. The molecule has 3 nitrogen and oxygen atoms in total. The summed E-state index contributed by atoms with van der Waals surface area (Å²) in [5, 5.41) is 0. The summed E-state index contributed by atoms with van der Waals surface area (Å²) < 4.78 is 11.2. The number of hydrogen-bond donors (Lipinski definition) is 0. The zero-order valence-corrected chi connectivity index (χ0v) is 11.9. The van der Waals surface area contributed by atoms with Crippen LogP contribution in [0, 0.1) is 11.8 Å². The summed E-state index contributed by atoms with van der Waals surface area (Å²) in [4.78, 5) is 12.1. The fraction of sp³-hybridized carbons (Fsp3) is 0.0625. The molecule has 2 aromatic carbocycles. The lowest BCUT2D eigenvalue weighted by Crippen LogP contribution is -1.97. The first kappa shape index (κ1) is 12.8. The number of Topliss-reactive ketones (excluding diaryl/α,β-unsaturated/α-hetero) is 1. The van der Waals surface area contributed by atoms with Crippen LogP contribution in [-0.4, -0.2) is 12.6 Å². The lowest BCUT2D eigenvalue weighted by molar-refractivity contribution is 0.105. The van der Waals surface area contributed by atoms with Gasteiger partial charge >= 0.3 is 0 Å². The average Bonchev–Trinajstić information content (AvgIpc) is 2.92. The van der Waals surface area contributed by atoms with Crippen LogP contribution in [0.5, 0.6) is 11.5 Å². The molecule has 0 amide bonds. The van der Waals surface area contributed by atoms with Crippen molar-refractivity contribution in [2.75, 3.05) is 6.79 Å². The standard InChI is InChI=1S/C16H9BrO3/c17-13-9-16-15(19-10-20-16)8-12(13)14(18)7-6-11-4-2-1-3-5-11/h1-5,8-9H,10H2. The molecule has 0 aromatic heterocycles. The van der Waals surface area contributed by atoms with E-state index in [1.165, 1.54) is 0 Å². The third-order valence-corrected chi connectivity index (χ3v) is 3.46. The van der Waals surface area contributed by atoms with Crippen molar-refractivity contribution in [3.8, 4) is 23.3 Å². The van der Waals surface area contributed by atoms with Gasteiger partial charge in [0.15, 0.2) is 11.5 Å².